The van der Waals surface area contributed by atoms with Gasteiger partial charge in [0.05, 0.1) is 23.9 Å². The van der Waals surface area contributed by atoms with Crippen molar-refractivity contribution in [3.8, 4) is 0 Å². The van der Waals surface area contributed by atoms with Crippen LogP contribution in [0, 0.1) is 0 Å². The van der Waals surface area contributed by atoms with Gasteiger partial charge >= 0.3 is 5.97 Å². The lowest BCUT2D eigenvalue weighted by molar-refractivity contribution is -0.161. The summed E-state index contributed by atoms with van der Waals surface area (Å²) < 4.78 is 7.24. The molecule has 0 fully saturated rings. The van der Waals surface area contributed by atoms with Gasteiger partial charge in [-0.15, -0.1) is 0 Å². The van der Waals surface area contributed by atoms with Crippen LogP contribution in [0.1, 0.15) is 27.7 Å². The van der Waals surface area contributed by atoms with Gasteiger partial charge in [-0.25, -0.2) is 9.78 Å². The third-order valence-corrected chi connectivity index (χ3v) is 2.89. The van der Waals surface area contributed by atoms with Crippen molar-refractivity contribution in [1.29, 1.82) is 0 Å². The Morgan fingerprint density at radius 3 is 2.60 bits per heavy atom. The fourth-order valence-electron chi connectivity index (χ4n) is 1.95. The van der Waals surface area contributed by atoms with E-state index in [1.165, 1.54) is 0 Å². The highest BCUT2D eigenvalue weighted by Gasteiger charge is 2.34. The minimum atomic E-state index is -1.10. The molecule has 0 aliphatic carbocycles. The highest BCUT2D eigenvalue weighted by atomic mass is 16.6. The van der Waals surface area contributed by atoms with Crippen molar-refractivity contribution in [1.82, 2.24) is 9.55 Å². The lowest BCUT2D eigenvalue weighted by atomic mass is 10.0. The molecule has 1 atom stereocenters. The molecule has 0 saturated carbocycles. The van der Waals surface area contributed by atoms with E-state index >= 15 is 0 Å². The van der Waals surface area contributed by atoms with Crippen molar-refractivity contribution in [2.24, 2.45) is 5.73 Å². The van der Waals surface area contributed by atoms with Gasteiger partial charge in [0.1, 0.15) is 11.1 Å². The van der Waals surface area contributed by atoms with E-state index in [-0.39, 0.29) is 0 Å². The van der Waals surface area contributed by atoms with Gasteiger partial charge in [0, 0.05) is 0 Å². The van der Waals surface area contributed by atoms with Gasteiger partial charge in [-0.3, -0.25) is 0 Å². The quantitative estimate of drug-likeness (QED) is 0.871. The highest BCUT2D eigenvalue weighted by Crippen LogP contribution is 2.18. The van der Waals surface area contributed by atoms with Gasteiger partial charge < -0.3 is 15.0 Å². The van der Waals surface area contributed by atoms with Crippen LogP contribution in [0.2, 0.25) is 0 Å². The minimum absolute atomic E-state index is 0.322. The molecule has 0 saturated heterocycles. The molecule has 1 heterocycles. The number of hydrogen-bond donors (Lipinski definition) is 1. The van der Waals surface area contributed by atoms with E-state index in [0.29, 0.717) is 6.54 Å². The maximum Gasteiger partial charge on any atom is 0.328 e. The van der Waals surface area contributed by atoms with Gasteiger partial charge in [0.25, 0.3) is 0 Å². The first-order chi connectivity index (χ1) is 9.19. The topological polar surface area (TPSA) is 70.1 Å². The number of carbonyl (C=O) groups is 1. The second-order valence-electron chi connectivity index (χ2n) is 6.28. The van der Waals surface area contributed by atoms with Crippen LogP contribution >= 0.6 is 0 Å². The summed E-state index contributed by atoms with van der Waals surface area (Å²) in [6.45, 7) is 7.48. The molecule has 2 N–H and O–H groups in total. The Morgan fingerprint density at radius 1 is 1.30 bits per heavy atom. The summed E-state index contributed by atoms with van der Waals surface area (Å²) in [5.74, 6) is -0.414. The molecule has 0 amide bonds. The van der Waals surface area contributed by atoms with Crippen molar-refractivity contribution in [3.05, 3.63) is 30.6 Å². The number of nitrogens with two attached hydrogens (primary N) is 1. The minimum Gasteiger partial charge on any atom is -0.459 e. The van der Waals surface area contributed by atoms with Crippen LogP contribution in [0.4, 0.5) is 0 Å². The van der Waals surface area contributed by atoms with Gasteiger partial charge in [0.15, 0.2) is 0 Å². The lowest BCUT2D eigenvalue weighted by Crippen LogP contribution is -2.51. The summed E-state index contributed by atoms with van der Waals surface area (Å²) in [5, 5.41) is 0. The number of hydrogen-bond acceptors (Lipinski definition) is 4. The molecule has 0 radical (unpaired) electrons. The third kappa shape index (κ3) is 3.17. The molecule has 2 aromatic rings. The Balaban J connectivity index is 2.21. The first-order valence-corrected chi connectivity index (χ1v) is 6.61. The molecule has 1 aromatic carbocycles. The van der Waals surface area contributed by atoms with E-state index in [4.69, 9.17) is 10.5 Å². The van der Waals surface area contributed by atoms with Crippen molar-refractivity contribution >= 4 is 17.0 Å². The summed E-state index contributed by atoms with van der Waals surface area (Å²) in [7, 11) is 0. The van der Waals surface area contributed by atoms with Gasteiger partial charge in [-0.05, 0) is 39.8 Å². The summed E-state index contributed by atoms with van der Waals surface area (Å²) >= 11 is 0. The van der Waals surface area contributed by atoms with Crippen molar-refractivity contribution < 1.29 is 9.53 Å². The van der Waals surface area contributed by atoms with Gasteiger partial charge in [-0.1, -0.05) is 12.1 Å². The van der Waals surface area contributed by atoms with E-state index in [9.17, 15) is 4.79 Å². The second kappa shape index (κ2) is 4.90. The molecule has 0 bridgehead atoms. The summed E-state index contributed by atoms with van der Waals surface area (Å²) in [5.41, 5.74) is 6.31. The summed E-state index contributed by atoms with van der Waals surface area (Å²) in [6, 6.07) is 7.73. The molecule has 2 rings (SSSR count). The third-order valence-electron chi connectivity index (χ3n) is 2.89. The maximum atomic E-state index is 12.2. The fourth-order valence-corrected chi connectivity index (χ4v) is 1.95. The van der Waals surface area contributed by atoms with Crippen LogP contribution in [0.15, 0.2) is 30.6 Å². The van der Waals surface area contributed by atoms with Gasteiger partial charge in [0.2, 0.25) is 0 Å². The average molecular weight is 275 g/mol. The van der Waals surface area contributed by atoms with Crippen LogP contribution in [0.25, 0.3) is 11.0 Å². The number of imidazole rings is 1. The molecular weight excluding hydrogens is 254 g/mol. The van der Waals surface area contributed by atoms with E-state index < -0.39 is 17.1 Å². The van der Waals surface area contributed by atoms with Crippen LogP contribution in [-0.4, -0.2) is 26.7 Å². The Kier molecular flexibility index (Phi) is 3.56. The number of carbonyl (C=O) groups excluding carboxylic acids is 1. The number of para-hydroxylation sites is 2. The normalized spacial score (nSPS) is 15.1. The van der Waals surface area contributed by atoms with Gasteiger partial charge in [-0.2, -0.15) is 0 Å². The molecule has 1 aromatic heterocycles. The predicted octanol–water partition coefficient (Wildman–Crippen LogP) is 2.10. The predicted molar refractivity (Wildman–Crippen MR) is 78.2 cm³/mol. The molecule has 108 valence electrons. The van der Waals surface area contributed by atoms with Crippen molar-refractivity contribution in [2.75, 3.05) is 0 Å². The molecule has 0 aliphatic rings. The summed E-state index contributed by atoms with van der Waals surface area (Å²) in [4.78, 5) is 16.5. The largest absolute Gasteiger partial charge is 0.459 e. The van der Waals surface area contributed by atoms with Crippen molar-refractivity contribution in [2.45, 2.75) is 45.4 Å². The lowest BCUT2D eigenvalue weighted by Gasteiger charge is -2.28. The average Bonchev–Trinajstić information content (AvgIpc) is 2.70. The van der Waals surface area contributed by atoms with Crippen LogP contribution < -0.4 is 5.73 Å². The molecule has 0 spiro atoms. The van der Waals surface area contributed by atoms with Crippen LogP contribution in [-0.2, 0) is 16.1 Å². The molecule has 20 heavy (non-hydrogen) atoms. The smallest absolute Gasteiger partial charge is 0.328 e. The van der Waals surface area contributed by atoms with E-state index in [2.05, 4.69) is 4.98 Å². The molecule has 5 heteroatoms. The number of nitrogens with zero attached hydrogens (tertiary/aromatic N) is 2. The molecule has 1 unspecified atom stereocenters. The number of rotatable bonds is 3. The highest BCUT2D eigenvalue weighted by molar-refractivity contribution is 5.81. The number of fused-ring (bicyclic) bond motifs is 1. The Hall–Kier alpha value is -1.88. The maximum absolute atomic E-state index is 12.2. The Bertz CT molecular complexity index is 623. The zero-order valence-corrected chi connectivity index (χ0v) is 12.4. The zero-order chi connectivity index (χ0) is 15.0. The Labute approximate surface area is 118 Å². The van der Waals surface area contributed by atoms with Crippen molar-refractivity contribution in [3.63, 3.8) is 0 Å². The van der Waals surface area contributed by atoms with E-state index in [1.807, 2.05) is 49.6 Å². The first-order valence-electron chi connectivity index (χ1n) is 6.61. The molecule has 0 aliphatic heterocycles. The number of benzene rings is 1. The zero-order valence-electron chi connectivity index (χ0n) is 12.4. The number of ether oxygens (including phenoxy) is 1. The first kappa shape index (κ1) is 14.5. The Morgan fingerprint density at radius 2 is 1.95 bits per heavy atom. The van der Waals surface area contributed by atoms with E-state index in [1.54, 1.807) is 13.3 Å². The monoisotopic (exact) mass is 275 g/mol. The molecule has 5 nitrogen and oxygen atoms in total. The summed E-state index contributed by atoms with van der Waals surface area (Å²) in [6.07, 6.45) is 1.69. The van der Waals surface area contributed by atoms with Crippen LogP contribution in [0.3, 0.4) is 0 Å². The standard InChI is InChI=1S/C15H21N3O2/c1-14(2,3)20-13(19)15(4,16)9-18-10-17-11-7-5-6-8-12(11)18/h5-8,10H,9,16H2,1-4H3. The number of aromatic nitrogens is 2. The number of esters is 1. The SMILES string of the molecule is CC(C)(C)OC(=O)C(C)(N)Cn1cnc2ccccc21. The van der Waals surface area contributed by atoms with E-state index in [0.717, 1.165) is 11.0 Å². The second-order valence-corrected chi connectivity index (χ2v) is 6.28. The fraction of sp³-hybridized carbons (Fsp3) is 0.467. The van der Waals surface area contributed by atoms with Crippen LogP contribution in [0.5, 0.6) is 0 Å². The molecular formula is C15H21N3O2.